The molecule has 0 spiro atoms. The molecule has 2 nitrogen and oxygen atoms in total. The fraction of sp³-hybridized carbons (Fsp3) is 0.538. The Hall–Kier alpha value is -0.590. The summed E-state index contributed by atoms with van der Waals surface area (Å²) in [5.41, 5.74) is 0.0578. The van der Waals surface area contributed by atoms with Crippen molar-refractivity contribution in [1.29, 1.82) is 0 Å². The molecule has 1 aromatic carbocycles. The monoisotopic (exact) mass is 339 g/mol. The predicted molar refractivity (Wildman–Crippen MR) is 72.4 cm³/mol. The standard InChI is InChI=1S/C13H17BrF3NO/c1-19-8-7-18(6-5-14)10-11-3-2-4-12(9-11)13(15,16)17/h2-4,9H,5-8,10H2,1H3. The van der Waals surface area contributed by atoms with Gasteiger partial charge in [-0.2, -0.15) is 13.2 Å². The van der Waals surface area contributed by atoms with Crippen LogP contribution in [0.5, 0.6) is 0 Å². The fourth-order valence-electron chi connectivity index (χ4n) is 1.71. The van der Waals surface area contributed by atoms with E-state index in [9.17, 15) is 13.2 Å². The molecule has 0 fully saturated rings. The summed E-state index contributed by atoms with van der Waals surface area (Å²) in [5.74, 6) is 0. The molecule has 0 bridgehead atoms. The topological polar surface area (TPSA) is 12.5 Å². The Morgan fingerprint density at radius 1 is 1.26 bits per heavy atom. The van der Waals surface area contributed by atoms with Crippen molar-refractivity contribution in [2.24, 2.45) is 0 Å². The summed E-state index contributed by atoms with van der Waals surface area (Å²) < 4.78 is 42.8. The second-order valence-electron chi connectivity index (χ2n) is 4.16. The highest BCUT2D eigenvalue weighted by atomic mass is 79.9. The highest BCUT2D eigenvalue weighted by Crippen LogP contribution is 2.29. The lowest BCUT2D eigenvalue weighted by Crippen LogP contribution is -2.29. The first-order valence-electron chi connectivity index (χ1n) is 5.90. The number of rotatable bonds is 7. The zero-order valence-electron chi connectivity index (χ0n) is 10.7. The van der Waals surface area contributed by atoms with Crippen molar-refractivity contribution in [3.63, 3.8) is 0 Å². The molecule has 108 valence electrons. The van der Waals surface area contributed by atoms with Gasteiger partial charge in [-0.15, -0.1) is 0 Å². The maximum atomic E-state index is 12.6. The Balaban J connectivity index is 2.73. The van der Waals surface area contributed by atoms with Crippen molar-refractivity contribution in [2.45, 2.75) is 12.7 Å². The molecule has 0 atom stereocenters. The largest absolute Gasteiger partial charge is 0.416 e. The minimum atomic E-state index is -4.29. The summed E-state index contributed by atoms with van der Waals surface area (Å²) in [6.07, 6.45) is -4.29. The van der Waals surface area contributed by atoms with Crippen LogP contribution in [0.1, 0.15) is 11.1 Å². The number of halogens is 4. The van der Waals surface area contributed by atoms with Gasteiger partial charge in [-0.3, -0.25) is 4.90 Å². The lowest BCUT2D eigenvalue weighted by atomic mass is 10.1. The Morgan fingerprint density at radius 2 is 2.00 bits per heavy atom. The van der Waals surface area contributed by atoms with Crippen LogP contribution >= 0.6 is 15.9 Å². The van der Waals surface area contributed by atoms with E-state index in [4.69, 9.17) is 4.74 Å². The molecular weight excluding hydrogens is 323 g/mol. The molecule has 0 aromatic heterocycles. The highest BCUT2D eigenvalue weighted by Gasteiger charge is 2.30. The van der Waals surface area contributed by atoms with Gasteiger partial charge in [-0.25, -0.2) is 0 Å². The summed E-state index contributed by atoms with van der Waals surface area (Å²) in [5, 5.41) is 0.773. The van der Waals surface area contributed by atoms with Crippen LogP contribution in [-0.2, 0) is 17.5 Å². The van der Waals surface area contributed by atoms with E-state index >= 15 is 0 Å². The maximum absolute atomic E-state index is 12.6. The lowest BCUT2D eigenvalue weighted by Gasteiger charge is -2.21. The maximum Gasteiger partial charge on any atom is 0.416 e. The molecule has 0 unspecified atom stereocenters. The van der Waals surface area contributed by atoms with Gasteiger partial charge in [0.1, 0.15) is 0 Å². The first kappa shape index (κ1) is 16.5. The van der Waals surface area contributed by atoms with Gasteiger partial charge in [0.05, 0.1) is 12.2 Å². The van der Waals surface area contributed by atoms with Gasteiger partial charge in [-0.05, 0) is 11.6 Å². The van der Waals surface area contributed by atoms with Crippen LogP contribution in [0.4, 0.5) is 13.2 Å². The molecule has 0 aliphatic rings. The van der Waals surface area contributed by atoms with Crippen molar-refractivity contribution < 1.29 is 17.9 Å². The summed E-state index contributed by atoms with van der Waals surface area (Å²) in [7, 11) is 1.61. The minimum Gasteiger partial charge on any atom is -0.383 e. The number of hydrogen-bond donors (Lipinski definition) is 0. The molecule has 0 saturated carbocycles. The van der Waals surface area contributed by atoms with Crippen LogP contribution in [0.15, 0.2) is 24.3 Å². The van der Waals surface area contributed by atoms with E-state index in [1.54, 1.807) is 13.2 Å². The third-order valence-electron chi connectivity index (χ3n) is 2.67. The summed E-state index contributed by atoms with van der Waals surface area (Å²) in [6, 6.07) is 5.45. The van der Waals surface area contributed by atoms with Gasteiger partial charge in [0, 0.05) is 32.1 Å². The van der Waals surface area contributed by atoms with Crippen molar-refractivity contribution in [2.75, 3.05) is 32.1 Å². The lowest BCUT2D eigenvalue weighted by molar-refractivity contribution is -0.137. The van der Waals surface area contributed by atoms with Crippen LogP contribution in [0.3, 0.4) is 0 Å². The molecule has 0 amide bonds. The zero-order valence-corrected chi connectivity index (χ0v) is 12.3. The number of hydrogen-bond acceptors (Lipinski definition) is 2. The molecule has 19 heavy (non-hydrogen) atoms. The number of ether oxygens (including phenoxy) is 1. The van der Waals surface area contributed by atoms with Gasteiger partial charge in [0.25, 0.3) is 0 Å². The van der Waals surface area contributed by atoms with Gasteiger partial charge in [-0.1, -0.05) is 34.1 Å². The van der Waals surface area contributed by atoms with Crippen LogP contribution in [0, 0.1) is 0 Å². The second kappa shape index (κ2) is 7.87. The van der Waals surface area contributed by atoms with Gasteiger partial charge in [0.2, 0.25) is 0 Å². The van der Waals surface area contributed by atoms with E-state index in [0.29, 0.717) is 25.3 Å². The van der Waals surface area contributed by atoms with Crippen molar-refractivity contribution >= 4 is 15.9 Å². The number of benzene rings is 1. The quantitative estimate of drug-likeness (QED) is 0.704. The zero-order chi connectivity index (χ0) is 14.3. The summed E-state index contributed by atoms with van der Waals surface area (Å²) in [6.45, 7) is 2.50. The highest BCUT2D eigenvalue weighted by molar-refractivity contribution is 9.09. The number of methoxy groups -OCH3 is 1. The Morgan fingerprint density at radius 3 is 2.58 bits per heavy atom. The molecule has 0 saturated heterocycles. The van der Waals surface area contributed by atoms with Crippen molar-refractivity contribution in [3.05, 3.63) is 35.4 Å². The van der Waals surface area contributed by atoms with Crippen LogP contribution in [0.2, 0.25) is 0 Å². The van der Waals surface area contributed by atoms with Crippen LogP contribution in [0.25, 0.3) is 0 Å². The van der Waals surface area contributed by atoms with Gasteiger partial charge in [0.15, 0.2) is 0 Å². The van der Waals surface area contributed by atoms with Gasteiger partial charge < -0.3 is 4.74 Å². The Kier molecular flexibility index (Phi) is 6.82. The first-order valence-corrected chi connectivity index (χ1v) is 7.03. The average molecular weight is 340 g/mol. The fourth-order valence-corrected chi connectivity index (χ4v) is 2.22. The predicted octanol–water partition coefficient (Wildman–Crippen LogP) is 3.55. The van der Waals surface area contributed by atoms with E-state index in [2.05, 4.69) is 15.9 Å². The molecule has 1 rings (SSSR count). The third-order valence-corrected chi connectivity index (χ3v) is 3.03. The molecule has 0 N–H and O–H groups in total. The summed E-state index contributed by atoms with van der Waals surface area (Å²) >= 11 is 3.34. The number of nitrogens with zero attached hydrogens (tertiary/aromatic N) is 1. The second-order valence-corrected chi connectivity index (χ2v) is 4.95. The van der Waals surface area contributed by atoms with Crippen molar-refractivity contribution in [3.8, 4) is 0 Å². The molecule has 0 radical (unpaired) electrons. The van der Waals surface area contributed by atoms with E-state index < -0.39 is 11.7 Å². The molecule has 6 heteroatoms. The SMILES string of the molecule is COCCN(CCBr)Cc1cccc(C(F)(F)F)c1. The molecule has 0 aliphatic carbocycles. The molecular formula is C13H17BrF3NO. The molecule has 0 aliphatic heterocycles. The third kappa shape index (κ3) is 5.93. The van der Waals surface area contributed by atoms with E-state index in [0.717, 1.165) is 17.9 Å². The average Bonchev–Trinajstić information content (AvgIpc) is 2.35. The van der Waals surface area contributed by atoms with Crippen LogP contribution < -0.4 is 0 Å². The smallest absolute Gasteiger partial charge is 0.383 e. The van der Waals surface area contributed by atoms with Crippen LogP contribution in [-0.4, -0.2) is 37.0 Å². The van der Waals surface area contributed by atoms with Crippen molar-refractivity contribution in [1.82, 2.24) is 4.90 Å². The Bertz CT molecular complexity index is 384. The summed E-state index contributed by atoms with van der Waals surface area (Å²) in [4.78, 5) is 2.05. The first-order chi connectivity index (χ1) is 8.97. The molecule has 0 heterocycles. The minimum absolute atomic E-state index is 0.485. The van der Waals surface area contributed by atoms with E-state index in [1.165, 1.54) is 12.1 Å². The molecule has 1 aromatic rings. The van der Waals surface area contributed by atoms with E-state index in [-0.39, 0.29) is 0 Å². The van der Waals surface area contributed by atoms with Gasteiger partial charge >= 0.3 is 6.18 Å². The normalized spacial score (nSPS) is 12.1. The van der Waals surface area contributed by atoms with E-state index in [1.807, 2.05) is 4.90 Å². The number of alkyl halides is 4. The Labute approximate surface area is 119 Å².